The maximum atomic E-state index is 12.3. The molecular weight excluding hydrogens is 425 g/mol. The van der Waals surface area contributed by atoms with Crippen LogP contribution in [0.3, 0.4) is 0 Å². The second-order valence-corrected chi connectivity index (χ2v) is 5.77. The standard InChI is InChI=1S/C16H20IN3O4/c1-2-20(10-17)13-4-5-14(11(7-13)8-21)16(24)19-12(9-22)3-6-15(18)23/h4-5,7-9,12H,2-3,6,10H2,1H3,(H2,18,23)(H,19,24). The molecule has 1 aromatic rings. The van der Waals surface area contributed by atoms with Gasteiger partial charge < -0.3 is 20.7 Å². The zero-order chi connectivity index (χ0) is 18.1. The van der Waals surface area contributed by atoms with Crippen molar-refractivity contribution >= 4 is 52.7 Å². The molecule has 0 aliphatic heterocycles. The number of benzene rings is 1. The van der Waals surface area contributed by atoms with Gasteiger partial charge in [0.05, 0.1) is 10.6 Å². The van der Waals surface area contributed by atoms with Crippen molar-refractivity contribution < 1.29 is 19.2 Å². The summed E-state index contributed by atoms with van der Waals surface area (Å²) < 4.78 is 0.748. The Hall–Kier alpha value is -1.97. The average molecular weight is 445 g/mol. The van der Waals surface area contributed by atoms with E-state index in [1.54, 1.807) is 18.2 Å². The summed E-state index contributed by atoms with van der Waals surface area (Å²) in [5.74, 6) is -1.09. The highest BCUT2D eigenvalue weighted by Crippen LogP contribution is 2.20. The first-order valence-corrected chi connectivity index (χ1v) is 8.93. The fourth-order valence-electron chi connectivity index (χ4n) is 2.11. The fourth-order valence-corrected chi connectivity index (χ4v) is 2.98. The van der Waals surface area contributed by atoms with E-state index in [0.717, 1.165) is 16.8 Å². The van der Waals surface area contributed by atoms with E-state index in [-0.39, 0.29) is 24.0 Å². The predicted octanol–water partition coefficient (Wildman–Crippen LogP) is 1.28. The molecule has 0 bridgehead atoms. The van der Waals surface area contributed by atoms with E-state index in [2.05, 4.69) is 27.9 Å². The summed E-state index contributed by atoms with van der Waals surface area (Å²) in [7, 11) is 0. The number of anilines is 1. The molecule has 0 heterocycles. The van der Waals surface area contributed by atoms with E-state index in [1.807, 2.05) is 11.8 Å². The third-order valence-electron chi connectivity index (χ3n) is 3.48. The molecule has 7 nitrogen and oxygen atoms in total. The number of hydrogen-bond acceptors (Lipinski definition) is 5. The molecule has 8 heteroatoms. The van der Waals surface area contributed by atoms with Gasteiger partial charge in [-0.3, -0.25) is 14.4 Å². The van der Waals surface area contributed by atoms with E-state index >= 15 is 0 Å². The number of halogens is 1. The molecule has 0 fully saturated rings. The Morgan fingerprint density at radius 3 is 2.58 bits per heavy atom. The van der Waals surface area contributed by atoms with Crippen LogP contribution in [0.1, 0.15) is 40.5 Å². The molecule has 3 N–H and O–H groups in total. The van der Waals surface area contributed by atoms with Crippen LogP contribution in [0.4, 0.5) is 5.69 Å². The maximum Gasteiger partial charge on any atom is 0.252 e. The van der Waals surface area contributed by atoms with Gasteiger partial charge in [0.25, 0.3) is 5.91 Å². The van der Waals surface area contributed by atoms with E-state index < -0.39 is 17.9 Å². The van der Waals surface area contributed by atoms with Gasteiger partial charge in [-0.15, -0.1) is 0 Å². The Balaban J connectivity index is 2.95. The lowest BCUT2D eigenvalue weighted by Gasteiger charge is -2.21. The number of carbonyl (C=O) groups is 4. The van der Waals surface area contributed by atoms with Crippen molar-refractivity contribution in [2.45, 2.75) is 25.8 Å². The zero-order valence-electron chi connectivity index (χ0n) is 13.3. The number of nitrogens with two attached hydrogens (primary N) is 1. The van der Waals surface area contributed by atoms with Gasteiger partial charge in [-0.1, -0.05) is 22.6 Å². The molecule has 2 amide bonds. The molecule has 0 aromatic heterocycles. The second-order valence-electron chi connectivity index (χ2n) is 5.09. The van der Waals surface area contributed by atoms with E-state index in [0.29, 0.717) is 12.6 Å². The third kappa shape index (κ3) is 5.59. The van der Waals surface area contributed by atoms with Crippen molar-refractivity contribution in [1.29, 1.82) is 0 Å². The fraction of sp³-hybridized carbons (Fsp3) is 0.375. The summed E-state index contributed by atoms with van der Waals surface area (Å²) in [5.41, 5.74) is 6.30. The number of alkyl halides is 1. The van der Waals surface area contributed by atoms with Crippen LogP contribution < -0.4 is 16.0 Å². The maximum absolute atomic E-state index is 12.3. The quantitative estimate of drug-likeness (QED) is 0.244. The Labute approximate surface area is 154 Å². The third-order valence-corrected chi connectivity index (χ3v) is 4.30. The van der Waals surface area contributed by atoms with Gasteiger partial charge in [0.2, 0.25) is 5.91 Å². The zero-order valence-corrected chi connectivity index (χ0v) is 15.5. The van der Waals surface area contributed by atoms with Crippen LogP contribution in [0.15, 0.2) is 18.2 Å². The topological polar surface area (TPSA) is 110 Å². The van der Waals surface area contributed by atoms with Gasteiger partial charge in [-0.2, -0.15) is 0 Å². The lowest BCUT2D eigenvalue weighted by Crippen LogP contribution is -2.37. The predicted molar refractivity (Wildman–Crippen MR) is 99.5 cm³/mol. The van der Waals surface area contributed by atoms with Crippen LogP contribution in [0.25, 0.3) is 0 Å². The molecule has 0 radical (unpaired) electrons. The number of carbonyl (C=O) groups excluding carboxylic acids is 4. The summed E-state index contributed by atoms with van der Waals surface area (Å²) in [6, 6.07) is 4.12. The van der Waals surface area contributed by atoms with E-state index in [9.17, 15) is 19.2 Å². The minimum atomic E-state index is -0.828. The Morgan fingerprint density at radius 2 is 2.08 bits per heavy atom. The number of nitrogens with zero attached hydrogens (tertiary/aromatic N) is 1. The summed E-state index contributed by atoms with van der Waals surface area (Å²) in [4.78, 5) is 47.5. The first-order chi connectivity index (χ1) is 11.5. The van der Waals surface area contributed by atoms with Crippen LogP contribution >= 0.6 is 22.6 Å². The first kappa shape index (κ1) is 20.1. The smallest absolute Gasteiger partial charge is 0.252 e. The molecule has 0 aliphatic carbocycles. The van der Waals surface area contributed by atoms with Gasteiger partial charge in [0.15, 0.2) is 6.29 Å². The molecule has 1 unspecified atom stereocenters. The SMILES string of the molecule is CCN(CI)c1ccc(C(=O)NC(C=O)CCC(N)=O)c(C=O)c1. The number of rotatable bonds is 10. The van der Waals surface area contributed by atoms with Crippen molar-refractivity contribution in [1.82, 2.24) is 5.32 Å². The largest absolute Gasteiger partial charge is 0.370 e. The van der Waals surface area contributed by atoms with Gasteiger partial charge in [-0.25, -0.2) is 0 Å². The Morgan fingerprint density at radius 1 is 1.38 bits per heavy atom. The summed E-state index contributed by atoms with van der Waals surface area (Å²) in [6.45, 7) is 2.76. The number of hydrogen-bond donors (Lipinski definition) is 2. The Kier molecular flexibility index (Phi) is 8.37. The van der Waals surface area contributed by atoms with Crippen LogP contribution in [0.5, 0.6) is 0 Å². The van der Waals surface area contributed by atoms with E-state index in [1.165, 1.54) is 0 Å². The second kappa shape index (κ2) is 10.0. The summed E-state index contributed by atoms with van der Waals surface area (Å²) in [5, 5.41) is 2.50. The van der Waals surface area contributed by atoms with Crippen molar-refractivity contribution in [2.24, 2.45) is 5.73 Å². The first-order valence-electron chi connectivity index (χ1n) is 7.41. The molecule has 130 valence electrons. The Bertz CT molecular complexity index is 617. The lowest BCUT2D eigenvalue weighted by molar-refractivity contribution is -0.118. The van der Waals surface area contributed by atoms with Crippen LogP contribution in [-0.2, 0) is 9.59 Å². The minimum Gasteiger partial charge on any atom is -0.370 e. The number of amides is 2. The van der Waals surface area contributed by atoms with Crippen molar-refractivity contribution in [3.05, 3.63) is 29.3 Å². The highest BCUT2D eigenvalue weighted by molar-refractivity contribution is 14.1. The average Bonchev–Trinajstić information content (AvgIpc) is 2.59. The van der Waals surface area contributed by atoms with Gasteiger partial charge in [-0.05, 0) is 31.5 Å². The minimum absolute atomic E-state index is 0.00964. The number of primary amides is 1. The molecule has 1 rings (SSSR count). The van der Waals surface area contributed by atoms with E-state index in [4.69, 9.17) is 5.73 Å². The van der Waals surface area contributed by atoms with Crippen molar-refractivity contribution in [2.75, 3.05) is 16.0 Å². The molecule has 0 saturated carbocycles. The van der Waals surface area contributed by atoms with Gasteiger partial charge in [0, 0.05) is 29.8 Å². The van der Waals surface area contributed by atoms with Gasteiger partial charge in [0.1, 0.15) is 6.29 Å². The summed E-state index contributed by atoms with van der Waals surface area (Å²) in [6.07, 6.45) is 1.27. The molecule has 0 spiro atoms. The van der Waals surface area contributed by atoms with Gasteiger partial charge >= 0.3 is 0 Å². The highest BCUT2D eigenvalue weighted by atomic mass is 127. The van der Waals surface area contributed by atoms with Crippen molar-refractivity contribution in [3.8, 4) is 0 Å². The molecule has 0 aliphatic rings. The molecule has 24 heavy (non-hydrogen) atoms. The lowest BCUT2D eigenvalue weighted by atomic mass is 10.1. The van der Waals surface area contributed by atoms with Crippen LogP contribution in [0, 0.1) is 0 Å². The molecular formula is C16H20IN3O4. The van der Waals surface area contributed by atoms with Crippen LogP contribution in [0.2, 0.25) is 0 Å². The monoisotopic (exact) mass is 445 g/mol. The number of nitrogens with one attached hydrogen (secondary N) is 1. The summed E-state index contributed by atoms with van der Waals surface area (Å²) >= 11 is 2.22. The van der Waals surface area contributed by atoms with Crippen LogP contribution in [-0.4, -0.2) is 41.5 Å². The molecule has 1 atom stereocenters. The number of aldehydes is 2. The normalized spacial score (nSPS) is 11.4. The highest BCUT2D eigenvalue weighted by Gasteiger charge is 2.17. The van der Waals surface area contributed by atoms with Crippen molar-refractivity contribution in [3.63, 3.8) is 0 Å². The molecule has 0 saturated heterocycles. The molecule has 1 aromatic carbocycles.